The summed E-state index contributed by atoms with van der Waals surface area (Å²) in [6, 6.07) is 15.3. The van der Waals surface area contributed by atoms with Gasteiger partial charge >= 0.3 is 0 Å². The molecule has 2 heterocycles. The summed E-state index contributed by atoms with van der Waals surface area (Å²) in [5.41, 5.74) is 1.52. The van der Waals surface area contributed by atoms with Gasteiger partial charge < -0.3 is 4.42 Å². The Hall–Kier alpha value is -2.49. The van der Waals surface area contributed by atoms with Crippen LogP contribution in [0.4, 0.5) is 4.39 Å². The molecule has 0 aliphatic carbocycles. The standard InChI is InChI=1S/C20H18FNO5S2/c21-17-7-3-15(4-8-17)16-5-9-19(10-6-16)29(25,26)22-12-20(13-22)28(23,24)14-18-2-1-11-27-18/h1-11,20H,12-14H2. The van der Waals surface area contributed by atoms with Crippen molar-refractivity contribution in [2.45, 2.75) is 15.9 Å². The molecule has 0 unspecified atom stereocenters. The minimum atomic E-state index is -3.78. The topological polar surface area (TPSA) is 84.7 Å². The van der Waals surface area contributed by atoms with E-state index in [1.165, 1.54) is 30.5 Å². The summed E-state index contributed by atoms with van der Waals surface area (Å²) >= 11 is 0. The van der Waals surface area contributed by atoms with Crippen molar-refractivity contribution in [3.63, 3.8) is 0 Å². The quantitative estimate of drug-likeness (QED) is 0.594. The van der Waals surface area contributed by atoms with Crippen LogP contribution in [-0.4, -0.2) is 39.5 Å². The van der Waals surface area contributed by atoms with Gasteiger partial charge in [0, 0.05) is 13.1 Å². The molecule has 4 rings (SSSR count). The van der Waals surface area contributed by atoms with Gasteiger partial charge in [0.15, 0.2) is 9.84 Å². The molecule has 0 radical (unpaired) electrons. The van der Waals surface area contributed by atoms with Crippen molar-refractivity contribution in [2.75, 3.05) is 13.1 Å². The van der Waals surface area contributed by atoms with Crippen molar-refractivity contribution in [3.8, 4) is 11.1 Å². The molecule has 152 valence electrons. The molecule has 0 N–H and O–H groups in total. The fourth-order valence-electron chi connectivity index (χ4n) is 3.15. The summed E-state index contributed by atoms with van der Waals surface area (Å²) in [6.07, 6.45) is 1.40. The van der Waals surface area contributed by atoms with Crippen LogP contribution in [-0.2, 0) is 25.6 Å². The maximum absolute atomic E-state index is 13.0. The van der Waals surface area contributed by atoms with Gasteiger partial charge in [-0.2, -0.15) is 4.31 Å². The molecule has 1 aliphatic rings. The Morgan fingerprint density at radius 1 is 0.897 bits per heavy atom. The van der Waals surface area contributed by atoms with Crippen molar-refractivity contribution in [3.05, 3.63) is 78.5 Å². The van der Waals surface area contributed by atoms with Crippen molar-refractivity contribution in [1.82, 2.24) is 4.31 Å². The van der Waals surface area contributed by atoms with Gasteiger partial charge in [-0.25, -0.2) is 21.2 Å². The minimum absolute atomic E-state index is 0.0783. The summed E-state index contributed by atoms with van der Waals surface area (Å²) < 4.78 is 69.6. The van der Waals surface area contributed by atoms with Crippen LogP contribution in [0.2, 0.25) is 0 Å². The average Bonchev–Trinajstić information content (AvgIpc) is 3.13. The van der Waals surface area contributed by atoms with E-state index in [-0.39, 0.29) is 29.6 Å². The maximum atomic E-state index is 13.0. The molecule has 2 aromatic carbocycles. The molecule has 6 nitrogen and oxygen atoms in total. The third-order valence-electron chi connectivity index (χ3n) is 4.92. The van der Waals surface area contributed by atoms with Gasteiger partial charge in [0.05, 0.1) is 16.4 Å². The molecule has 1 saturated heterocycles. The Balaban J connectivity index is 1.45. The lowest BCUT2D eigenvalue weighted by atomic mass is 10.1. The number of rotatable bonds is 6. The van der Waals surface area contributed by atoms with Crippen LogP contribution in [0.3, 0.4) is 0 Å². The Morgan fingerprint density at radius 3 is 2.03 bits per heavy atom. The van der Waals surface area contributed by atoms with E-state index in [9.17, 15) is 21.2 Å². The molecule has 0 bridgehead atoms. The van der Waals surface area contributed by atoms with Gasteiger partial charge in [-0.05, 0) is 47.5 Å². The first-order chi connectivity index (χ1) is 13.8. The highest BCUT2D eigenvalue weighted by Crippen LogP contribution is 2.28. The largest absolute Gasteiger partial charge is 0.468 e. The first-order valence-electron chi connectivity index (χ1n) is 8.86. The smallest absolute Gasteiger partial charge is 0.243 e. The maximum Gasteiger partial charge on any atom is 0.243 e. The molecule has 0 spiro atoms. The SMILES string of the molecule is O=S(=O)(Cc1ccco1)C1CN(S(=O)(=O)c2ccc(-c3ccc(F)cc3)cc2)C1. The summed E-state index contributed by atoms with van der Waals surface area (Å²) in [4.78, 5) is 0.0882. The van der Waals surface area contributed by atoms with Crippen LogP contribution in [0.1, 0.15) is 5.76 Å². The normalized spacial score (nSPS) is 15.9. The van der Waals surface area contributed by atoms with Gasteiger partial charge in [0.2, 0.25) is 10.0 Å². The second-order valence-corrected chi connectivity index (χ2v) is 11.1. The zero-order valence-electron chi connectivity index (χ0n) is 15.2. The van der Waals surface area contributed by atoms with Crippen LogP contribution < -0.4 is 0 Å². The minimum Gasteiger partial charge on any atom is -0.468 e. The van der Waals surface area contributed by atoms with Gasteiger partial charge in [0.25, 0.3) is 0 Å². The molecule has 1 aliphatic heterocycles. The molecule has 1 aromatic heterocycles. The van der Waals surface area contributed by atoms with E-state index in [1.807, 2.05) is 0 Å². The third-order valence-corrected chi connectivity index (χ3v) is 8.76. The van der Waals surface area contributed by atoms with E-state index in [1.54, 1.807) is 36.4 Å². The number of hydrogen-bond acceptors (Lipinski definition) is 5. The van der Waals surface area contributed by atoms with Crippen molar-refractivity contribution in [1.29, 1.82) is 0 Å². The molecule has 1 fully saturated rings. The zero-order valence-corrected chi connectivity index (χ0v) is 16.9. The molecule has 3 aromatic rings. The van der Waals surface area contributed by atoms with Crippen LogP contribution in [0.25, 0.3) is 11.1 Å². The summed E-state index contributed by atoms with van der Waals surface area (Å²) in [7, 11) is -7.28. The third kappa shape index (κ3) is 3.98. The van der Waals surface area contributed by atoms with Crippen molar-refractivity contribution >= 4 is 19.9 Å². The van der Waals surface area contributed by atoms with Crippen molar-refractivity contribution in [2.24, 2.45) is 0 Å². The van der Waals surface area contributed by atoms with Gasteiger partial charge in [-0.3, -0.25) is 0 Å². The first-order valence-corrected chi connectivity index (χ1v) is 12.0. The van der Waals surface area contributed by atoms with Crippen molar-refractivity contribution < 1.29 is 25.6 Å². The highest BCUT2D eigenvalue weighted by molar-refractivity contribution is 7.92. The predicted molar refractivity (Wildman–Crippen MR) is 106 cm³/mol. The summed E-state index contributed by atoms with van der Waals surface area (Å²) in [6.45, 7) is -0.157. The number of furan rings is 1. The van der Waals surface area contributed by atoms with Crippen LogP contribution >= 0.6 is 0 Å². The molecule has 0 amide bonds. The highest BCUT2D eigenvalue weighted by Gasteiger charge is 2.43. The Kier molecular flexibility index (Phi) is 5.05. The van der Waals surface area contributed by atoms with Gasteiger partial charge in [0.1, 0.15) is 17.3 Å². The van der Waals surface area contributed by atoms with E-state index >= 15 is 0 Å². The fraction of sp³-hybridized carbons (Fsp3) is 0.200. The molecular weight excluding hydrogens is 417 g/mol. The monoisotopic (exact) mass is 435 g/mol. The lowest BCUT2D eigenvalue weighted by Crippen LogP contribution is -2.56. The van der Waals surface area contributed by atoms with Crippen LogP contribution in [0.5, 0.6) is 0 Å². The predicted octanol–water partition coefficient (Wildman–Crippen LogP) is 3.07. The van der Waals surface area contributed by atoms with E-state index in [0.717, 1.165) is 15.4 Å². The highest BCUT2D eigenvalue weighted by atomic mass is 32.2. The molecule has 29 heavy (non-hydrogen) atoms. The number of halogens is 1. The lowest BCUT2D eigenvalue weighted by Gasteiger charge is -2.37. The van der Waals surface area contributed by atoms with Crippen LogP contribution in [0, 0.1) is 5.82 Å². The average molecular weight is 435 g/mol. The van der Waals surface area contributed by atoms with E-state index < -0.39 is 25.1 Å². The molecular formula is C20H18FNO5S2. The Morgan fingerprint density at radius 2 is 1.48 bits per heavy atom. The number of sulfonamides is 1. The second kappa shape index (κ2) is 7.40. The summed E-state index contributed by atoms with van der Waals surface area (Å²) in [5, 5.41) is -0.749. The fourth-order valence-corrected chi connectivity index (χ4v) is 6.48. The van der Waals surface area contributed by atoms with Gasteiger partial charge in [-0.1, -0.05) is 24.3 Å². The summed E-state index contributed by atoms with van der Waals surface area (Å²) in [5.74, 6) is -0.254. The second-order valence-electron chi connectivity index (χ2n) is 6.86. The lowest BCUT2D eigenvalue weighted by molar-refractivity contribution is 0.309. The zero-order chi connectivity index (χ0) is 20.6. The number of sulfone groups is 1. The van der Waals surface area contributed by atoms with E-state index in [4.69, 9.17) is 4.42 Å². The Labute approximate surface area is 168 Å². The Bertz CT molecular complexity index is 1200. The molecule has 9 heteroatoms. The molecule has 0 saturated carbocycles. The van der Waals surface area contributed by atoms with E-state index in [0.29, 0.717) is 5.76 Å². The first kappa shape index (κ1) is 19.8. The van der Waals surface area contributed by atoms with Crippen LogP contribution in [0.15, 0.2) is 76.2 Å². The van der Waals surface area contributed by atoms with Gasteiger partial charge in [-0.15, -0.1) is 0 Å². The van der Waals surface area contributed by atoms with E-state index in [2.05, 4.69) is 0 Å². The number of hydrogen-bond donors (Lipinski definition) is 0. The molecule has 0 atom stereocenters. The number of nitrogens with zero attached hydrogens (tertiary/aromatic N) is 1. The number of benzene rings is 2.